The van der Waals surface area contributed by atoms with E-state index in [2.05, 4.69) is 0 Å². The smallest absolute Gasteiger partial charge is 0.326 e. The first-order valence-electron chi connectivity index (χ1n) is 6.16. The first-order chi connectivity index (χ1) is 10.1. The Morgan fingerprint density at radius 1 is 0.818 bits per heavy atom. The zero-order valence-corrected chi connectivity index (χ0v) is 11.4. The third kappa shape index (κ3) is 8.35. The van der Waals surface area contributed by atoms with E-state index in [1.54, 1.807) is 0 Å². The Bertz CT molecular complexity index is 424. The monoisotopic (exact) mass is 319 g/mol. The van der Waals surface area contributed by atoms with Crippen LogP contribution >= 0.6 is 0 Å². The Morgan fingerprint density at radius 2 is 1.23 bits per heavy atom. The van der Waals surface area contributed by atoms with Gasteiger partial charge in [-0.3, -0.25) is 9.59 Å². The van der Waals surface area contributed by atoms with Gasteiger partial charge in [0.2, 0.25) is 5.91 Å². The molecule has 0 fully saturated rings. The molecule has 0 unspecified atom stereocenters. The number of aliphatic carboxylic acids is 3. The molecule has 0 spiro atoms. The molecule has 0 saturated heterocycles. The van der Waals surface area contributed by atoms with Gasteiger partial charge in [0.25, 0.3) is 0 Å². The summed E-state index contributed by atoms with van der Waals surface area (Å²) in [6.07, 6.45) is -1.39. The number of primary amides is 1. The van der Waals surface area contributed by atoms with Gasteiger partial charge in [-0.25, -0.2) is 14.4 Å². The Hall–Kier alpha value is -2.85. The van der Waals surface area contributed by atoms with Crippen LogP contribution in [0.5, 0.6) is 0 Å². The zero-order chi connectivity index (χ0) is 17.3. The second-order valence-corrected chi connectivity index (χ2v) is 4.34. The number of hydrogen-bond donors (Lipinski definition) is 6. The normalized spacial score (nSPS) is 12.7. The Balaban J connectivity index is 4.57. The van der Waals surface area contributed by atoms with Crippen molar-refractivity contribution in [1.29, 1.82) is 0 Å². The molecule has 11 heteroatoms. The predicted octanol–water partition coefficient (Wildman–Crippen LogP) is -1.68. The van der Waals surface area contributed by atoms with Crippen molar-refractivity contribution in [1.82, 2.24) is 10.6 Å². The molecule has 2 atom stereocenters. The number of hydrogen-bond acceptors (Lipinski definition) is 5. The highest BCUT2D eigenvalue weighted by molar-refractivity contribution is 5.86. The van der Waals surface area contributed by atoms with Gasteiger partial charge >= 0.3 is 23.9 Å². The minimum atomic E-state index is -1.48. The maximum absolute atomic E-state index is 11.5. The van der Waals surface area contributed by atoms with Gasteiger partial charge in [-0.1, -0.05) is 0 Å². The van der Waals surface area contributed by atoms with Crippen LogP contribution in [0.3, 0.4) is 0 Å². The topological polar surface area (TPSA) is 196 Å². The second-order valence-electron chi connectivity index (χ2n) is 4.34. The molecule has 0 rings (SSSR count). The molecule has 0 aliphatic carbocycles. The van der Waals surface area contributed by atoms with Crippen LogP contribution in [0.2, 0.25) is 0 Å². The molecule has 3 amide bonds. The van der Waals surface area contributed by atoms with Crippen LogP contribution in [0.15, 0.2) is 0 Å². The molecule has 7 N–H and O–H groups in total. The molecule has 124 valence electrons. The number of urea groups is 1. The van der Waals surface area contributed by atoms with Crippen molar-refractivity contribution in [2.24, 2.45) is 5.73 Å². The highest BCUT2D eigenvalue weighted by Gasteiger charge is 2.25. The summed E-state index contributed by atoms with van der Waals surface area (Å²) >= 11 is 0. The Morgan fingerprint density at radius 3 is 1.55 bits per heavy atom. The van der Waals surface area contributed by atoms with Gasteiger partial charge in [-0.2, -0.15) is 0 Å². The van der Waals surface area contributed by atoms with E-state index in [-0.39, 0.29) is 19.3 Å². The number of nitrogens with two attached hydrogens (primary N) is 1. The minimum absolute atomic E-state index is 0.259. The molecule has 0 bridgehead atoms. The van der Waals surface area contributed by atoms with Gasteiger partial charge in [0.1, 0.15) is 12.1 Å². The van der Waals surface area contributed by atoms with Gasteiger partial charge in [0, 0.05) is 12.8 Å². The summed E-state index contributed by atoms with van der Waals surface area (Å²) in [7, 11) is 0. The molecule has 0 radical (unpaired) electrons. The van der Waals surface area contributed by atoms with Crippen LogP contribution in [0.1, 0.15) is 25.7 Å². The van der Waals surface area contributed by atoms with Gasteiger partial charge in [-0.05, 0) is 12.8 Å². The molecule has 22 heavy (non-hydrogen) atoms. The summed E-state index contributed by atoms with van der Waals surface area (Å²) in [6.45, 7) is 0. The van der Waals surface area contributed by atoms with Crippen molar-refractivity contribution in [3.05, 3.63) is 0 Å². The summed E-state index contributed by atoms with van der Waals surface area (Å²) in [6, 6.07) is -4.02. The summed E-state index contributed by atoms with van der Waals surface area (Å²) in [5.41, 5.74) is 4.87. The fourth-order valence-electron chi connectivity index (χ4n) is 1.43. The standard InChI is InChI=1S/C11H17N3O8/c12-7(15)3-1-5(9(18)19)13-11(22)14-6(10(20)21)2-4-8(16)17/h5-6H,1-4H2,(H2,12,15)(H,16,17)(H,18,19)(H,20,21)(H2,13,14,22)/t5-,6+/m0/s1. The molecule has 0 aromatic rings. The fourth-order valence-corrected chi connectivity index (χ4v) is 1.43. The maximum atomic E-state index is 11.5. The van der Waals surface area contributed by atoms with E-state index < -0.39 is 48.4 Å². The molecule has 0 aliphatic rings. The molecule has 0 saturated carbocycles. The number of carbonyl (C=O) groups excluding carboxylic acids is 2. The highest BCUT2D eigenvalue weighted by Crippen LogP contribution is 2.00. The Labute approximate surface area is 124 Å². The van der Waals surface area contributed by atoms with Gasteiger partial charge in [-0.15, -0.1) is 0 Å². The minimum Gasteiger partial charge on any atom is -0.481 e. The summed E-state index contributed by atoms with van der Waals surface area (Å²) in [4.78, 5) is 54.3. The average Bonchev–Trinajstić information content (AvgIpc) is 2.38. The SMILES string of the molecule is NC(=O)CC[C@H](NC(=O)N[C@H](CCC(=O)O)C(=O)O)C(=O)O. The molecule has 11 nitrogen and oxygen atoms in total. The molecule has 0 aromatic carbocycles. The quantitative estimate of drug-likeness (QED) is 0.274. The Kier molecular flexibility index (Phi) is 7.97. The second kappa shape index (κ2) is 9.15. The lowest BCUT2D eigenvalue weighted by Crippen LogP contribution is -2.51. The molecular weight excluding hydrogens is 302 g/mol. The number of rotatable bonds is 10. The van der Waals surface area contributed by atoms with Crippen molar-refractivity contribution in [2.75, 3.05) is 0 Å². The lowest BCUT2D eigenvalue weighted by molar-refractivity contribution is -0.141. The van der Waals surface area contributed by atoms with Crippen LogP contribution < -0.4 is 16.4 Å². The fraction of sp³-hybridized carbons (Fsp3) is 0.545. The third-order valence-corrected chi connectivity index (χ3v) is 2.53. The average molecular weight is 319 g/mol. The summed E-state index contributed by atoms with van der Waals surface area (Å²) in [5, 5.41) is 30.1. The van der Waals surface area contributed by atoms with Crippen LogP contribution in [0, 0.1) is 0 Å². The van der Waals surface area contributed by atoms with E-state index in [4.69, 9.17) is 21.1 Å². The lowest BCUT2D eigenvalue weighted by atomic mass is 10.1. The van der Waals surface area contributed by atoms with Crippen molar-refractivity contribution in [2.45, 2.75) is 37.8 Å². The molecular formula is C11H17N3O8. The van der Waals surface area contributed by atoms with Gasteiger partial charge in [0.15, 0.2) is 0 Å². The molecule has 0 aromatic heterocycles. The van der Waals surface area contributed by atoms with E-state index in [1.807, 2.05) is 10.6 Å². The van der Waals surface area contributed by atoms with Crippen LogP contribution in [-0.2, 0) is 19.2 Å². The van der Waals surface area contributed by atoms with Gasteiger partial charge in [0.05, 0.1) is 0 Å². The van der Waals surface area contributed by atoms with E-state index in [0.29, 0.717) is 0 Å². The largest absolute Gasteiger partial charge is 0.481 e. The highest BCUT2D eigenvalue weighted by atomic mass is 16.4. The van der Waals surface area contributed by atoms with E-state index >= 15 is 0 Å². The number of carboxylic acid groups (broad SMARTS) is 3. The number of amides is 3. The van der Waals surface area contributed by atoms with Crippen molar-refractivity contribution in [3.63, 3.8) is 0 Å². The lowest BCUT2D eigenvalue weighted by Gasteiger charge is -2.17. The summed E-state index contributed by atoms with van der Waals surface area (Å²) in [5.74, 6) is -4.87. The van der Waals surface area contributed by atoms with E-state index in [9.17, 15) is 24.0 Å². The first-order valence-corrected chi connectivity index (χ1v) is 6.16. The zero-order valence-electron chi connectivity index (χ0n) is 11.4. The van der Waals surface area contributed by atoms with E-state index in [0.717, 1.165) is 0 Å². The number of carbonyl (C=O) groups is 5. The predicted molar refractivity (Wildman–Crippen MR) is 69.8 cm³/mol. The van der Waals surface area contributed by atoms with Crippen molar-refractivity contribution in [3.8, 4) is 0 Å². The number of nitrogens with one attached hydrogen (secondary N) is 2. The van der Waals surface area contributed by atoms with E-state index in [1.165, 1.54) is 0 Å². The van der Waals surface area contributed by atoms with Crippen molar-refractivity contribution >= 4 is 29.8 Å². The summed E-state index contributed by atoms with van der Waals surface area (Å²) < 4.78 is 0. The van der Waals surface area contributed by atoms with Crippen LogP contribution in [-0.4, -0.2) is 57.2 Å². The molecule has 0 heterocycles. The van der Waals surface area contributed by atoms with Crippen LogP contribution in [0.25, 0.3) is 0 Å². The van der Waals surface area contributed by atoms with Crippen molar-refractivity contribution < 1.29 is 39.3 Å². The van der Waals surface area contributed by atoms with Crippen LogP contribution in [0.4, 0.5) is 4.79 Å². The third-order valence-electron chi connectivity index (χ3n) is 2.53. The number of carboxylic acids is 3. The molecule has 0 aliphatic heterocycles. The first kappa shape index (κ1) is 19.1. The van der Waals surface area contributed by atoms with Gasteiger partial charge < -0.3 is 31.7 Å². The maximum Gasteiger partial charge on any atom is 0.326 e.